The number of hydrogen-bond acceptors (Lipinski definition) is 0. The van der Waals surface area contributed by atoms with Gasteiger partial charge in [0.2, 0.25) is 0 Å². The van der Waals surface area contributed by atoms with Crippen molar-refractivity contribution in [2.24, 2.45) is 0 Å². The van der Waals surface area contributed by atoms with Crippen LogP contribution in [0.15, 0.2) is 0 Å². The van der Waals surface area contributed by atoms with Crippen LogP contribution in [0.3, 0.4) is 0 Å². The van der Waals surface area contributed by atoms with Crippen molar-refractivity contribution in [2.75, 3.05) is 0 Å². The van der Waals surface area contributed by atoms with E-state index in [2.05, 4.69) is 0 Å². The minimum atomic E-state index is 0. The van der Waals surface area contributed by atoms with Gasteiger partial charge < -0.3 is 496 Å². The average molecular weight is 7360 g/mol. The molecule has 0 aromatic heterocycles. The van der Waals surface area contributed by atoms with Gasteiger partial charge in [-0.25, -0.2) is 0 Å². The minimum Gasteiger partial charge on any atom is -1.00 e. The summed E-state index contributed by atoms with van der Waals surface area (Å²) in [7, 11) is 0. The van der Waals surface area contributed by atoms with E-state index in [-0.39, 0.29) is 1850 Å². The van der Waals surface area contributed by atoms with Crippen LogP contribution in [-0.4, -0.2) is 0 Å². The monoisotopic (exact) mass is 7340 g/mol. The second-order valence-electron chi connectivity index (χ2n) is 0. The Balaban J connectivity index is 0. The van der Waals surface area contributed by atoms with Gasteiger partial charge in [-0.15, -0.1) is 0 Å². The summed E-state index contributed by atoms with van der Waals surface area (Å²) in [6, 6.07) is 0. The molecule has 0 saturated heterocycles. The van der Waals surface area contributed by atoms with Gasteiger partial charge in [0.25, 0.3) is 0 Å². The summed E-state index contributed by atoms with van der Waals surface area (Å²) in [6.07, 6.45) is 0. The minimum absolute atomic E-state index is 0. The van der Waals surface area contributed by atoms with E-state index in [1.54, 1.807) is 0 Å². The summed E-state index contributed by atoms with van der Waals surface area (Å²) in [5.41, 5.74) is 0. The Labute approximate surface area is 1790 Å². The van der Waals surface area contributed by atoms with E-state index >= 15 is 0 Å². The molecule has 76 heteroatoms. The molecule has 608 valence electrons. The molecule has 0 heterocycles. The molecule has 0 amide bonds. The van der Waals surface area contributed by atoms with E-state index < -0.39 is 0 Å². The van der Waals surface area contributed by atoms with Crippen molar-refractivity contribution < 1.29 is 1850 Å². The van der Waals surface area contributed by atoms with Crippen molar-refractivity contribution in [2.45, 2.75) is 0 Å². The molecule has 0 aliphatic heterocycles. The van der Waals surface area contributed by atoms with Crippen LogP contribution < -0.4 is 496 Å². The number of halogens is 40. The molecule has 0 radical (unpaired) electrons. The smallest absolute Gasteiger partial charge is 1.00 e. The Morgan fingerprint density at radius 1 is 0.0263 bits per heavy atom. The van der Waals surface area contributed by atoms with Crippen molar-refractivity contribution >= 4 is 0 Å². The first-order chi connectivity index (χ1) is 0. The first kappa shape index (κ1) is 714. The maximum absolute atomic E-state index is 0. The second kappa shape index (κ2) is 698. The third-order valence-corrected chi connectivity index (χ3v) is 0. The predicted octanol–water partition coefficient (Wildman–Crippen LogP) is -120. The summed E-state index contributed by atoms with van der Waals surface area (Å²) in [5, 5.41) is 0. The Morgan fingerprint density at radius 2 is 0.0263 bits per heavy atom. The van der Waals surface area contributed by atoms with Crippen molar-refractivity contribution in [3.8, 4) is 0 Å². The molecule has 0 aliphatic carbocycles. The predicted molar refractivity (Wildman–Crippen MR) is 0 cm³/mol. The molecule has 0 spiro atoms. The van der Waals surface area contributed by atoms with E-state index in [9.17, 15) is 0 Å². The second-order valence-corrected chi connectivity index (χ2v) is 0. The van der Waals surface area contributed by atoms with Gasteiger partial charge in [-0.05, 0) is 0 Å². The average Bonchev–Trinajstić information content (AvgIpc) is 0. The number of rotatable bonds is 0. The SMILES string of the molecule is [Cl-].[Cl-].[Cl-].[Cl-].[Cl-].[Cl-].[Cl-].[Cl-].[Cl-].[Cl-].[Cl-].[Cl-].[Cl-].[Cl-].[Cl-].[Cl-].[Cl-].[Cl-].[Cl-].[Cl-].[Cl-].[Cl-].[Cl-].[Cl-].[Cl-].[Cl-].[Cl-].[Cl-].[Cl-].[Cl-].[Cl-].[Cl-].[Cl-].[Cl-].[Cl-].[Cl-].[Cl-].[Cl-].[Cl-].[Cl-].[Ho+3].[Ho+3].[Ho+3].[Ho+3].[Ho+3].[Ho+3].[Ho+3].[Ho+3].[Ho+3].[Ho+3].[Ho+3].[Ho+3].[Ho+3].[Ho+3].[Ho+3].[Ho+3].[Ho+3].[Ho+3].[Ho+3].[Ho+3].[Ho+3].[Ho+3].[Ho+3].[Ho+3].[Ho+3].[Ho+3].[Ho+3].[Ho+3].[Ho+3].[Ho+3].[Ho+3].[Ho+3].[Ho+3].[Ho+3].[Ho+3].[Ho+3]. The third-order valence-electron chi connectivity index (χ3n) is 0. The molecule has 76 heavy (non-hydrogen) atoms. The summed E-state index contributed by atoms with van der Waals surface area (Å²) in [4.78, 5) is 0. The molecular weight excluding hydrogens is 7360 g/mol. The van der Waals surface area contributed by atoms with Gasteiger partial charge in [-0.1, -0.05) is 0 Å². The topological polar surface area (TPSA) is 0 Å². The summed E-state index contributed by atoms with van der Waals surface area (Å²) in [6.45, 7) is 0. The molecular formula is Cl40Ho36+68. The van der Waals surface area contributed by atoms with Crippen molar-refractivity contribution in [3.63, 3.8) is 0 Å². The van der Waals surface area contributed by atoms with Crippen LogP contribution in [0.4, 0.5) is 0 Å². The van der Waals surface area contributed by atoms with Crippen LogP contribution in [0.1, 0.15) is 0 Å². The molecule has 0 bridgehead atoms. The molecule has 0 nitrogen and oxygen atoms in total. The van der Waals surface area contributed by atoms with E-state index in [4.69, 9.17) is 0 Å². The van der Waals surface area contributed by atoms with Gasteiger partial charge in [-0.2, -0.15) is 0 Å². The molecule has 0 saturated carbocycles. The fourth-order valence-electron chi connectivity index (χ4n) is 0. The third kappa shape index (κ3) is 682. The Bertz CT molecular complexity index is 75.8. The summed E-state index contributed by atoms with van der Waals surface area (Å²) in [5.74, 6) is 0. The largest absolute Gasteiger partial charge is 3.00 e. The van der Waals surface area contributed by atoms with Crippen molar-refractivity contribution in [1.29, 1.82) is 0 Å². The molecule has 0 atom stereocenters. The molecule has 0 aromatic rings. The Morgan fingerprint density at radius 3 is 0.0263 bits per heavy atom. The molecule has 0 N–H and O–H groups in total. The van der Waals surface area contributed by atoms with Crippen LogP contribution in [0.5, 0.6) is 0 Å². The van der Waals surface area contributed by atoms with Gasteiger partial charge in [-0.3, -0.25) is 0 Å². The van der Waals surface area contributed by atoms with Crippen LogP contribution in [0.25, 0.3) is 0 Å². The van der Waals surface area contributed by atoms with Crippen LogP contribution >= 0.6 is 0 Å². The summed E-state index contributed by atoms with van der Waals surface area (Å²) < 4.78 is 0. The first-order valence-electron chi connectivity index (χ1n) is 0. The van der Waals surface area contributed by atoms with E-state index in [0.717, 1.165) is 0 Å². The van der Waals surface area contributed by atoms with Gasteiger partial charge in [0, 0.05) is 0 Å². The standard InChI is InChI=1S/40ClH.36Ho/h40*1H;;;;;;;;;;;;;;;;;;;;;;;;;;;;;;;;;;;;/q;;;;;;;;;;;;;;;;;;;;;;;;;;;;;;;;;;;;;;;;36*+3/p-40. The van der Waals surface area contributed by atoms with E-state index in [1.165, 1.54) is 0 Å². The first-order valence-corrected chi connectivity index (χ1v) is 0. The maximum Gasteiger partial charge on any atom is 3.00 e. The fourth-order valence-corrected chi connectivity index (χ4v) is 0. The zero-order chi connectivity index (χ0) is 0. The normalized spacial score (nSPS) is 0. The molecule has 0 rings (SSSR count). The molecule has 0 aromatic carbocycles. The van der Waals surface area contributed by atoms with Crippen molar-refractivity contribution in [3.05, 3.63) is 0 Å². The van der Waals surface area contributed by atoms with E-state index in [0.29, 0.717) is 0 Å². The van der Waals surface area contributed by atoms with Gasteiger partial charge in [0.05, 0.1) is 0 Å². The van der Waals surface area contributed by atoms with E-state index in [1.807, 2.05) is 0 Å². The number of hydrogen-bond donors (Lipinski definition) is 0. The quantitative estimate of drug-likeness (QED) is 0.212. The molecule has 0 aliphatic rings. The Hall–Kier alpha value is 57.0. The van der Waals surface area contributed by atoms with Gasteiger partial charge in [0.15, 0.2) is 0 Å². The maximum atomic E-state index is 0. The van der Waals surface area contributed by atoms with Crippen LogP contribution in [0, 0.1) is 1360 Å². The zero-order valence-electron chi connectivity index (χ0n) is 26.0. The van der Waals surface area contributed by atoms with Gasteiger partial charge in [0.1, 0.15) is 0 Å². The Kier molecular flexibility index (Phi) is 6550. The van der Waals surface area contributed by atoms with Crippen LogP contribution in [-0.2, 0) is 0 Å². The summed E-state index contributed by atoms with van der Waals surface area (Å²) >= 11 is 0. The van der Waals surface area contributed by atoms with Crippen LogP contribution in [0.2, 0.25) is 0 Å². The van der Waals surface area contributed by atoms with Gasteiger partial charge >= 0.3 is 1360 Å². The molecule has 0 fully saturated rings. The molecule has 0 unspecified atom stereocenters. The fraction of sp³-hybridized carbons (Fsp3) is 0. The zero-order valence-corrected chi connectivity index (χ0v) is 126. The van der Waals surface area contributed by atoms with Crippen molar-refractivity contribution in [1.82, 2.24) is 0 Å².